The summed E-state index contributed by atoms with van der Waals surface area (Å²) in [6.45, 7) is 3.77. The maximum absolute atomic E-state index is 4.42. The van der Waals surface area contributed by atoms with Crippen molar-refractivity contribution in [1.29, 1.82) is 0 Å². The fourth-order valence-corrected chi connectivity index (χ4v) is 0.880. The van der Waals surface area contributed by atoms with Crippen molar-refractivity contribution in [3.05, 3.63) is 17.5 Å². The van der Waals surface area contributed by atoms with Crippen LogP contribution in [-0.2, 0) is 0 Å². The molecule has 1 heterocycles. The van der Waals surface area contributed by atoms with E-state index in [2.05, 4.69) is 32.3 Å². The first-order chi connectivity index (χ1) is 5.22. The van der Waals surface area contributed by atoms with Gasteiger partial charge < -0.3 is 0 Å². The molecule has 0 spiro atoms. The number of hydrogen-bond donors (Lipinski definition) is 0. The maximum Gasteiger partial charge on any atom is 0.258 e. The first-order valence-electron chi connectivity index (χ1n) is 3.12. The summed E-state index contributed by atoms with van der Waals surface area (Å²) in [6.07, 6.45) is 0. The third-order valence-electron chi connectivity index (χ3n) is 1.12. The molecule has 0 aliphatic carbocycles. The van der Waals surface area contributed by atoms with Crippen molar-refractivity contribution in [1.82, 2.24) is 9.97 Å². The lowest BCUT2D eigenvalue weighted by Crippen LogP contribution is -1.87. The van der Waals surface area contributed by atoms with E-state index < -0.39 is 0 Å². The summed E-state index contributed by atoms with van der Waals surface area (Å²) in [4.78, 5) is 11.7. The molecule has 0 saturated heterocycles. The van der Waals surface area contributed by atoms with E-state index in [1.54, 1.807) is 0 Å². The molecule has 56 valence electrons. The van der Waals surface area contributed by atoms with E-state index >= 15 is 0 Å². The number of hydrogen-bond acceptors (Lipinski definition) is 4. The fourth-order valence-electron chi connectivity index (χ4n) is 0.798. The Balaban J connectivity index is 3.18. The molecule has 1 rings (SSSR count). The molecule has 0 aliphatic rings. The molecule has 0 unspecified atom stereocenters. The smallest absolute Gasteiger partial charge is 0.216 e. The molecular weight excluding hydrogens is 158 g/mol. The van der Waals surface area contributed by atoms with E-state index in [1.807, 2.05) is 19.9 Å². The van der Waals surface area contributed by atoms with Gasteiger partial charge in [-0.2, -0.15) is 4.99 Å². The Kier molecular flexibility index (Phi) is 2.41. The van der Waals surface area contributed by atoms with Crippen LogP contribution in [0, 0.1) is 13.8 Å². The first-order valence-corrected chi connectivity index (χ1v) is 3.53. The van der Waals surface area contributed by atoms with E-state index in [9.17, 15) is 0 Å². The summed E-state index contributed by atoms with van der Waals surface area (Å²) >= 11 is 4.42. The number of isothiocyanates is 1. The van der Waals surface area contributed by atoms with Gasteiger partial charge in [-0.15, -0.1) is 0 Å². The molecule has 3 nitrogen and oxygen atoms in total. The van der Waals surface area contributed by atoms with Gasteiger partial charge in [-0.25, -0.2) is 9.97 Å². The van der Waals surface area contributed by atoms with Crippen molar-refractivity contribution in [2.75, 3.05) is 0 Å². The van der Waals surface area contributed by atoms with Crippen LogP contribution in [0.4, 0.5) is 5.95 Å². The van der Waals surface area contributed by atoms with Gasteiger partial charge in [-0.05, 0) is 32.1 Å². The highest BCUT2D eigenvalue weighted by Gasteiger charge is 1.94. The second kappa shape index (κ2) is 3.32. The summed E-state index contributed by atoms with van der Waals surface area (Å²) in [6, 6.07) is 1.88. The van der Waals surface area contributed by atoms with Crippen LogP contribution in [0.1, 0.15) is 11.4 Å². The van der Waals surface area contributed by atoms with Crippen molar-refractivity contribution in [3.8, 4) is 0 Å². The zero-order valence-electron chi connectivity index (χ0n) is 6.33. The van der Waals surface area contributed by atoms with Gasteiger partial charge in [0.15, 0.2) is 0 Å². The average Bonchev–Trinajstić information content (AvgIpc) is 1.85. The molecule has 4 heteroatoms. The predicted octanol–water partition coefficient (Wildman–Crippen LogP) is 1.83. The topological polar surface area (TPSA) is 38.1 Å². The third-order valence-corrected chi connectivity index (χ3v) is 1.21. The zero-order chi connectivity index (χ0) is 8.27. The number of nitrogens with zero attached hydrogens (tertiary/aromatic N) is 3. The standard InChI is InChI=1S/C7H7N3S/c1-5-3-6(2)10-7(9-5)8-4-11/h3H,1-2H3. The monoisotopic (exact) mass is 165 g/mol. The number of rotatable bonds is 1. The maximum atomic E-state index is 4.42. The van der Waals surface area contributed by atoms with Gasteiger partial charge in [0.25, 0.3) is 5.95 Å². The minimum Gasteiger partial charge on any atom is -0.216 e. The van der Waals surface area contributed by atoms with Gasteiger partial charge in [0.1, 0.15) is 0 Å². The highest BCUT2D eigenvalue weighted by atomic mass is 32.1. The van der Waals surface area contributed by atoms with Gasteiger partial charge in [0.05, 0.1) is 5.16 Å². The molecule has 1 aromatic rings. The Morgan fingerprint density at radius 1 is 1.36 bits per heavy atom. The highest BCUT2D eigenvalue weighted by molar-refractivity contribution is 7.78. The lowest BCUT2D eigenvalue weighted by Gasteiger charge is -1.94. The molecule has 11 heavy (non-hydrogen) atoms. The van der Waals surface area contributed by atoms with Crippen LogP contribution >= 0.6 is 12.2 Å². The van der Waals surface area contributed by atoms with Crippen molar-refractivity contribution in [2.24, 2.45) is 4.99 Å². The SMILES string of the molecule is Cc1cc(C)nc(N=C=S)n1. The number of thiocarbonyl (C=S) groups is 1. The minimum absolute atomic E-state index is 0.387. The van der Waals surface area contributed by atoms with Gasteiger partial charge in [0.2, 0.25) is 0 Å². The molecule has 0 radical (unpaired) electrons. The molecule has 0 fully saturated rings. The van der Waals surface area contributed by atoms with Crippen molar-refractivity contribution in [3.63, 3.8) is 0 Å². The van der Waals surface area contributed by atoms with E-state index in [4.69, 9.17) is 0 Å². The van der Waals surface area contributed by atoms with Crippen LogP contribution in [0.5, 0.6) is 0 Å². The molecule has 0 amide bonds. The molecule has 0 bridgehead atoms. The van der Waals surface area contributed by atoms with E-state index in [0.717, 1.165) is 11.4 Å². The average molecular weight is 165 g/mol. The van der Waals surface area contributed by atoms with Gasteiger partial charge in [0, 0.05) is 11.4 Å². The highest BCUT2D eigenvalue weighted by Crippen LogP contribution is 2.05. The Morgan fingerprint density at radius 3 is 2.36 bits per heavy atom. The minimum atomic E-state index is 0.387. The molecule has 1 aromatic heterocycles. The van der Waals surface area contributed by atoms with Crippen LogP contribution in [0.15, 0.2) is 11.1 Å². The summed E-state index contributed by atoms with van der Waals surface area (Å²) in [5, 5.41) is 2.22. The Bertz CT molecular complexity index is 295. The quantitative estimate of drug-likeness (QED) is 0.470. The molecule has 0 atom stereocenters. The normalized spacial score (nSPS) is 8.91. The summed E-state index contributed by atoms with van der Waals surface area (Å²) in [5.41, 5.74) is 1.78. The first kappa shape index (κ1) is 7.98. The third kappa shape index (κ3) is 2.18. The van der Waals surface area contributed by atoms with Crippen LogP contribution < -0.4 is 0 Å². The van der Waals surface area contributed by atoms with E-state index in [-0.39, 0.29) is 0 Å². The van der Waals surface area contributed by atoms with Gasteiger partial charge >= 0.3 is 0 Å². The van der Waals surface area contributed by atoms with E-state index in [1.165, 1.54) is 0 Å². The molecule has 0 aliphatic heterocycles. The van der Waals surface area contributed by atoms with Crippen LogP contribution in [0.2, 0.25) is 0 Å². The molecule has 0 saturated carbocycles. The second-order valence-corrected chi connectivity index (χ2v) is 2.34. The van der Waals surface area contributed by atoms with Crippen molar-refractivity contribution < 1.29 is 0 Å². The van der Waals surface area contributed by atoms with Crippen molar-refractivity contribution in [2.45, 2.75) is 13.8 Å². The van der Waals surface area contributed by atoms with Crippen molar-refractivity contribution >= 4 is 23.3 Å². The number of aliphatic imine (C=N–C) groups is 1. The molecule has 0 N–H and O–H groups in total. The Labute approximate surface area is 70.2 Å². The lowest BCUT2D eigenvalue weighted by atomic mass is 10.4. The molecular formula is C7H7N3S. The van der Waals surface area contributed by atoms with Crippen LogP contribution in [0.3, 0.4) is 0 Å². The largest absolute Gasteiger partial charge is 0.258 e. The second-order valence-electron chi connectivity index (χ2n) is 2.15. The Morgan fingerprint density at radius 2 is 1.91 bits per heavy atom. The van der Waals surface area contributed by atoms with E-state index in [0.29, 0.717) is 5.95 Å². The zero-order valence-corrected chi connectivity index (χ0v) is 7.14. The molecule has 0 aromatic carbocycles. The van der Waals surface area contributed by atoms with Crippen LogP contribution in [0.25, 0.3) is 0 Å². The van der Waals surface area contributed by atoms with Gasteiger partial charge in [-0.3, -0.25) is 0 Å². The summed E-state index contributed by atoms with van der Waals surface area (Å²) < 4.78 is 0. The fraction of sp³-hybridized carbons (Fsp3) is 0.286. The predicted molar refractivity (Wildman–Crippen MR) is 46.2 cm³/mol. The lowest BCUT2D eigenvalue weighted by molar-refractivity contribution is 1.04. The Hall–Kier alpha value is -1.12. The number of aromatic nitrogens is 2. The van der Waals surface area contributed by atoms with Crippen LogP contribution in [-0.4, -0.2) is 15.1 Å². The van der Waals surface area contributed by atoms with Gasteiger partial charge in [-0.1, -0.05) is 0 Å². The summed E-state index contributed by atoms with van der Waals surface area (Å²) in [5.74, 6) is 0.387. The number of aryl methyl sites for hydroxylation is 2. The summed E-state index contributed by atoms with van der Waals surface area (Å²) in [7, 11) is 0.